The van der Waals surface area contributed by atoms with Gasteiger partial charge in [0.2, 0.25) is 0 Å². The molecule has 1 heterocycles. The number of hydrogen-bond donors (Lipinski definition) is 2. The molecular formula is C17H24N2O4. The second-order valence-corrected chi connectivity index (χ2v) is 6.76. The highest BCUT2D eigenvalue weighted by Gasteiger charge is 2.33. The maximum atomic E-state index is 12.7. The number of anilines is 1. The average Bonchev–Trinajstić information content (AvgIpc) is 2.52. The molecule has 1 unspecified atom stereocenters. The molecule has 23 heavy (non-hydrogen) atoms. The third kappa shape index (κ3) is 4.45. The fourth-order valence-corrected chi connectivity index (χ4v) is 2.62. The molecule has 1 atom stereocenters. The van der Waals surface area contributed by atoms with Crippen molar-refractivity contribution in [3.63, 3.8) is 0 Å². The zero-order valence-corrected chi connectivity index (χ0v) is 13.8. The van der Waals surface area contributed by atoms with Gasteiger partial charge in [-0.1, -0.05) is 20.8 Å². The van der Waals surface area contributed by atoms with E-state index < -0.39 is 17.6 Å². The summed E-state index contributed by atoms with van der Waals surface area (Å²) in [5, 5.41) is 11.3. The molecule has 1 amide bonds. The average molecular weight is 320 g/mol. The Morgan fingerprint density at radius 2 is 1.74 bits per heavy atom. The highest BCUT2D eigenvalue weighted by Crippen LogP contribution is 2.24. The SMILES string of the molecule is CC(C)(C)C(NC(=O)O)C(=O)c1ccc(N2CCOCC2)cc1. The van der Waals surface area contributed by atoms with Crippen molar-refractivity contribution >= 4 is 17.6 Å². The molecule has 2 rings (SSSR count). The number of carbonyl (C=O) groups is 2. The third-order valence-electron chi connectivity index (χ3n) is 3.92. The van der Waals surface area contributed by atoms with Gasteiger partial charge in [-0.15, -0.1) is 0 Å². The first-order valence-electron chi connectivity index (χ1n) is 7.75. The molecule has 0 saturated carbocycles. The second-order valence-electron chi connectivity index (χ2n) is 6.76. The summed E-state index contributed by atoms with van der Waals surface area (Å²) in [5.74, 6) is -0.214. The molecular weight excluding hydrogens is 296 g/mol. The first kappa shape index (κ1) is 17.3. The van der Waals surface area contributed by atoms with E-state index >= 15 is 0 Å². The Morgan fingerprint density at radius 1 is 1.17 bits per heavy atom. The normalized spacial score (nSPS) is 16.7. The van der Waals surface area contributed by atoms with Crippen molar-refractivity contribution in [1.29, 1.82) is 0 Å². The number of ether oxygens (including phenoxy) is 1. The van der Waals surface area contributed by atoms with Crippen molar-refractivity contribution in [3.8, 4) is 0 Å². The molecule has 1 saturated heterocycles. The molecule has 126 valence electrons. The van der Waals surface area contributed by atoms with Crippen LogP contribution in [0.15, 0.2) is 24.3 Å². The first-order valence-corrected chi connectivity index (χ1v) is 7.75. The van der Waals surface area contributed by atoms with Gasteiger partial charge in [0.05, 0.1) is 13.2 Å². The summed E-state index contributed by atoms with van der Waals surface area (Å²) >= 11 is 0. The Bertz CT molecular complexity index is 557. The monoisotopic (exact) mass is 320 g/mol. The number of rotatable bonds is 4. The molecule has 0 aliphatic carbocycles. The molecule has 0 aromatic heterocycles. The zero-order chi connectivity index (χ0) is 17.0. The molecule has 0 spiro atoms. The predicted molar refractivity (Wildman–Crippen MR) is 88.2 cm³/mol. The van der Waals surface area contributed by atoms with Crippen LogP contribution in [0.5, 0.6) is 0 Å². The maximum absolute atomic E-state index is 12.7. The number of carbonyl (C=O) groups excluding carboxylic acids is 1. The van der Waals surface area contributed by atoms with Crippen LogP contribution < -0.4 is 10.2 Å². The summed E-state index contributed by atoms with van der Waals surface area (Å²) in [6, 6.07) is 6.54. The zero-order valence-electron chi connectivity index (χ0n) is 13.8. The number of amides is 1. The van der Waals surface area contributed by atoms with Crippen molar-refractivity contribution < 1.29 is 19.4 Å². The number of ketones is 1. The fourth-order valence-electron chi connectivity index (χ4n) is 2.62. The highest BCUT2D eigenvalue weighted by atomic mass is 16.5. The third-order valence-corrected chi connectivity index (χ3v) is 3.92. The molecule has 6 heteroatoms. The molecule has 2 N–H and O–H groups in total. The lowest BCUT2D eigenvalue weighted by atomic mass is 9.82. The lowest BCUT2D eigenvalue weighted by Crippen LogP contribution is -2.48. The van der Waals surface area contributed by atoms with Crippen LogP contribution in [0.3, 0.4) is 0 Å². The van der Waals surface area contributed by atoms with Gasteiger partial charge in [-0.05, 0) is 29.7 Å². The standard InChI is InChI=1S/C17H24N2O4/c1-17(2,3)15(18-16(21)22)14(20)12-4-6-13(7-5-12)19-8-10-23-11-9-19/h4-7,15,18H,8-11H2,1-3H3,(H,21,22). The van der Waals surface area contributed by atoms with Crippen LogP contribution in [0.1, 0.15) is 31.1 Å². The van der Waals surface area contributed by atoms with E-state index in [2.05, 4.69) is 10.2 Å². The topological polar surface area (TPSA) is 78.9 Å². The van der Waals surface area contributed by atoms with E-state index in [0.717, 1.165) is 18.8 Å². The summed E-state index contributed by atoms with van der Waals surface area (Å²) in [4.78, 5) is 25.8. The Balaban J connectivity index is 2.16. The maximum Gasteiger partial charge on any atom is 0.405 e. The van der Waals surface area contributed by atoms with Gasteiger partial charge in [-0.2, -0.15) is 0 Å². The number of nitrogens with one attached hydrogen (secondary N) is 1. The molecule has 1 aliphatic rings. The predicted octanol–water partition coefficient (Wildman–Crippen LogP) is 2.39. The van der Waals surface area contributed by atoms with Crippen LogP contribution >= 0.6 is 0 Å². The largest absolute Gasteiger partial charge is 0.465 e. The minimum atomic E-state index is -1.19. The van der Waals surface area contributed by atoms with Gasteiger partial charge in [0.15, 0.2) is 5.78 Å². The molecule has 6 nitrogen and oxygen atoms in total. The molecule has 0 bridgehead atoms. The summed E-state index contributed by atoms with van der Waals surface area (Å²) in [6.07, 6.45) is -1.19. The minimum Gasteiger partial charge on any atom is -0.465 e. The summed E-state index contributed by atoms with van der Waals surface area (Å²) in [5.41, 5.74) is 1.05. The smallest absolute Gasteiger partial charge is 0.405 e. The van der Waals surface area contributed by atoms with Crippen molar-refractivity contribution in [2.45, 2.75) is 26.8 Å². The summed E-state index contributed by atoms with van der Waals surface area (Å²) in [7, 11) is 0. The van der Waals surface area contributed by atoms with Gasteiger partial charge in [0, 0.05) is 24.3 Å². The molecule has 1 aromatic carbocycles. The van der Waals surface area contributed by atoms with Crippen molar-refractivity contribution in [1.82, 2.24) is 5.32 Å². The second kappa shape index (κ2) is 7.00. The van der Waals surface area contributed by atoms with E-state index in [9.17, 15) is 9.59 Å². The summed E-state index contributed by atoms with van der Waals surface area (Å²) < 4.78 is 5.33. The number of hydrogen-bond acceptors (Lipinski definition) is 4. The van der Waals surface area contributed by atoms with E-state index in [1.54, 1.807) is 12.1 Å². The highest BCUT2D eigenvalue weighted by molar-refractivity contribution is 6.02. The first-order chi connectivity index (χ1) is 10.8. The van der Waals surface area contributed by atoms with E-state index in [0.29, 0.717) is 18.8 Å². The van der Waals surface area contributed by atoms with Crippen LogP contribution in [0.25, 0.3) is 0 Å². The quantitative estimate of drug-likeness (QED) is 0.833. The Morgan fingerprint density at radius 3 is 2.22 bits per heavy atom. The number of Topliss-reactive ketones (excluding diaryl/α,β-unsaturated/α-hetero) is 1. The van der Waals surface area contributed by atoms with Crippen LogP contribution in [0.2, 0.25) is 0 Å². The minimum absolute atomic E-state index is 0.214. The van der Waals surface area contributed by atoms with Gasteiger partial charge in [0.1, 0.15) is 6.04 Å². The van der Waals surface area contributed by atoms with E-state index in [-0.39, 0.29) is 5.78 Å². The van der Waals surface area contributed by atoms with Crippen molar-refractivity contribution in [3.05, 3.63) is 29.8 Å². The Labute approximate surface area is 136 Å². The van der Waals surface area contributed by atoms with Gasteiger partial charge in [-0.3, -0.25) is 4.79 Å². The number of nitrogens with zero attached hydrogens (tertiary/aromatic N) is 1. The summed E-state index contributed by atoms with van der Waals surface area (Å²) in [6.45, 7) is 8.59. The van der Waals surface area contributed by atoms with Crippen LogP contribution in [-0.2, 0) is 4.74 Å². The lowest BCUT2D eigenvalue weighted by molar-refractivity contribution is 0.0857. The Kier molecular flexibility index (Phi) is 5.26. The van der Waals surface area contributed by atoms with Gasteiger partial charge < -0.3 is 20.1 Å². The van der Waals surface area contributed by atoms with E-state index in [4.69, 9.17) is 9.84 Å². The number of morpholine rings is 1. The van der Waals surface area contributed by atoms with Crippen LogP contribution in [0.4, 0.5) is 10.5 Å². The van der Waals surface area contributed by atoms with E-state index in [1.807, 2.05) is 32.9 Å². The van der Waals surface area contributed by atoms with E-state index in [1.165, 1.54) is 0 Å². The fraction of sp³-hybridized carbons (Fsp3) is 0.529. The molecule has 0 radical (unpaired) electrons. The lowest BCUT2D eigenvalue weighted by Gasteiger charge is -2.30. The van der Waals surface area contributed by atoms with Crippen LogP contribution in [-0.4, -0.2) is 49.3 Å². The van der Waals surface area contributed by atoms with Gasteiger partial charge in [0.25, 0.3) is 0 Å². The molecule has 1 aliphatic heterocycles. The molecule has 1 aromatic rings. The molecule has 1 fully saturated rings. The van der Waals surface area contributed by atoms with Gasteiger partial charge in [-0.25, -0.2) is 4.79 Å². The Hall–Kier alpha value is -2.08. The van der Waals surface area contributed by atoms with Crippen molar-refractivity contribution in [2.75, 3.05) is 31.2 Å². The van der Waals surface area contributed by atoms with Crippen LogP contribution in [0, 0.1) is 5.41 Å². The number of benzene rings is 1. The van der Waals surface area contributed by atoms with Crippen molar-refractivity contribution in [2.24, 2.45) is 5.41 Å². The van der Waals surface area contributed by atoms with Gasteiger partial charge >= 0.3 is 6.09 Å². The number of carboxylic acid groups (broad SMARTS) is 1.